The summed E-state index contributed by atoms with van der Waals surface area (Å²) in [4.78, 5) is 10.8. The Hall–Kier alpha value is -9.52. The highest BCUT2D eigenvalue weighted by Crippen LogP contribution is 2.43. The number of aromatic nitrogens is 6. The summed E-state index contributed by atoms with van der Waals surface area (Å²) in [7, 11) is 0. The van der Waals surface area contributed by atoms with Crippen molar-refractivity contribution in [3.8, 4) is 45.5 Å². The van der Waals surface area contributed by atoms with Crippen LogP contribution in [0.25, 0.3) is 133 Å². The van der Waals surface area contributed by atoms with Crippen LogP contribution >= 0.6 is 0 Å². The molecule has 0 atom stereocenters. The number of hydrogen-bond donors (Lipinski definition) is 0. The van der Waals surface area contributed by atoms with Gasteiger partial charge in [-0.1, -0.05) is 170 Å². The molecule has 0 unspecified atom stereocenters. The molecule has 0 saturated carbocycles. The second-order valence-corrected chi connectivity index (χ2v) is 17.0. The van der Waals surface area contributed by atoms with E-state index in [1.807, 2.05) is 115 Å². The van der Waals surface area contributed by atoms with Gasteiger partial charge in [0.2, 0.25) is 0 Å². The highest BCUT2D eigenvalue weighted by atomic mass is 15.2. The number of fused-ring (bicyclic) bond motifs is 12. The molecule has 0 aliphatic heterocycles. The SMILES string of the molecule is [2H]c1c([2H])c([2H])c2c(c1[2H])c1c([2H])c([2H])c([2H])c([2H])c1n2-c1cc(-n2c3c([2H])c([2H])c([2H])c([2H])c3c3c([2H])c([2H])c([2H])c([2H])c32)nc(-c2c(-c3cccc(-n4c5ccccc5c5ccccc54)c3)cccc2-n2c3ccccc3c3ccccc32)n1. The lowest BCUT2D eigenvalue weighted by atomic mass is 9.96. The Labute approximate surface area is 424 Å². The molecule has 5 heterocycles. The second-order valence-electron chi connectivity index (χ2n) is 17.0. The first-order valence-corrected chi connectivity index (χ1v) is 22.5. The van der Waals surface area contributed by atoms with Gasteiger partial charge in [0, 0.05) is 54.8 Å². The van der Waals surface area contributed by atoms with Crippen molar-refractivity contribution in [2.45, 2.75) is 0 Å². The first-order chi connectivity index (χ1) is 41.4. The van der Waals surface area contributed by atoms with Crippen LogP contribution in [0.5, 0.6) is 0 Å². The lowest BCUT2D eigenvalue weighted by Crippen LogP contribution is -2.08. The molecule has 0 fully saturated rings. The number of rotatable bonds is 6. The maximum absolute atomic E-state index is 9.57. The van der Waals surface area contributed by atoms with Crippen LogP contribution in [0.15, 0.2) is 242 Å². The molecule has 0 aliphatic carbocycles. The summed E-state index contributed by atoms with van der Waals surface area (Å²) in [5.74, 6) is -0.627. The summed E-state index contributed by atoms with van der Waals surface area (Å²) in [6, 6.07) is 36.6. The van der Waals surface area contributed by atoms with Crippen molar-refractivity contribution < 1.29 is 21.9 Å². The average molecular weight is 909 g/mol. The topological polar surface area (TPSA) is 45.5 Å². The van der Waals surface area contributed by atoms with Crippen LogP contribution in [0.4, 0.5) is 0 Å². The molecule has 6 heteroatoms. The van der Waals surface area contributed by atoms with E-state index in [1.54, 1.807) is 0 Å². The minimum atomic E-state index is -0.687. The summed E-state index contributed by atoms with van der Waals surface area (Å²) in [5.41, 5.74) is 5.21. The molecule has 0 saturated heterocycles. The summed E-state index contributed by atoms with van der Waals surface area (Å²) in [6.45, 7) is 0. The molecule has 0 amide bonds. The molecule has 0 bridgehead atoms. The maximum Gasteiger partial charge on any atom is 0.166 e. The van der Waals surface area contributed by atoms with Gasteiger partial charge < -0.3 is 9.13 Å². The first-order valence-electron chi connectivity index (χ1n) is 30.5. The first kappa shape index (κ1) is 26.1. The summed E-state index contributed by atoms with van der Waals surface area (Å²) >= 11 is 0. The molecule has 5 aromatic heterocycles. The lowest BCUT2D eigenvalue weighted by Gasteiger charge is -2.20. The third kappa shape index (κ3) is 5.56. The highest BCUT2D eigenvalue weighted by Gasteiger charge is 2.25. The lowest BCUT2D eigenvalue weighted by molar-refractivity contribution is 0.991. The summed E-state index contributed by atoms with van der Waals surface area (Å²) in [6.07, 6.45) is 0. The van der Waals surface area contributed by atoms with Gasteiger partial charge in [-0.2, -0.15) is 0 Å². The smallest absolute Gasteiger partial charge is 0.166 e. The van der Waals surface area contributed by atoms with Gasteiger partial charge in [-0.25, -0.2) is 9.97 Å². The summed E-state index contributed by atoms with van der Waals surface area (Å²) < 4.78 is 154. The van der Waals surface area contributed by atoms with Gasteiger partial charge in [0.25, 0.3) is 0 Å². The van der Waals surface area contributed by atoms with Crippen molar-refractivity contribution in [1.82, 2.24) is 28.2 Å². The van der Waals surface area contributed by atoms with Crippen LogP contribution in [-0.4, -0.2) is 28.2 Å². The molecule has 6 nitrogen and oxygen atoms in total. The zero-order valence-electron chi connectivity index (χ0n) is 52.5. The van der Waals surface area contributed by atoms with E-state index in [0.29, 0.717) is 22.4 Å². The fourth-order valence-corrected chi connectivity index (χ4v) is 10.5. The number of hydrogen-bond acceptors (Lipinski definition) is 2. The van der Waals surface area contributed by atoms with E-state index in [4.69, 9.17) is 20.9 Å². The molecular weight excluding hydrogens is 853 g/mol. The van der Waals surface area contributed by atoms with E-state index < -0.39 is 96.7 Å². The van der Waals surface area contributed by atoms with Gasteiger partial charge in [-0.3, -0.25) is 9.13 Å². The molecule has 70 heavy (non-hydrogen) atoms. The third-order valence-electron chi connectivity index (χ3n) is 13.3. The van der Waals surface area contributed by atoms with Crippen molar-refractivity contribution in [3.63, 3.8) is 0 Å². The highest BCUT2D eigenvalue weighted by molar-refractivity contribution is 6.13. The van der Waals surface area contributed by atoms with Crippen molar-refractivity contribution in [2.75, 3.05) is 0 Å². The standard InChI is InChI=1S/C64H40N6/c1-9-30-52-44(21-1)45-22-2-10-31-53(45)67(52)42-20-17-19-41(39-42)43-29-18-38-60(68-54-32-11-3-23-46(54)47-24-4-12-33-55(47)68)63(43)64-65-61(69-56-34-13-5-25-48(56)49-26-6-14-35-57(49)69)40-62(66-64)70-58-36-15-7-27-50(58)51-28-8-16-37-59(51)70/h1-40H/i5D,6D,7D,8D,13D,14D,15D,16D,25D,26D,27D,28D,34D,35D,36D,37D. The van der Waals surface area contributed by atoms with Gasteiger partial charge in [0.15, 0.2) is 5.82 Å². The Morgan fingerprint density at radius 3 is 1.17 bits per heavy atom. The van der Waals surface area contributed by atoms with Gasteiger partial charge >= 0.3 is 0 Å². The number of para-hydroxylation sites is 8. The molecule has 10 aromatic carbocycles. The Morgan fingerprint density at radius 2 is 0.714 bits per heavy atom. The van der Waals surface area contributed by atoms with E-state index in [2.05, 4.69) is 33.4 Å². The zero-order chi connectivity index (χ0) is 59.8. The quantitative estimate of drug-likeness (QED) is 0.167. The van der Waals surface area contributed by atoms with E-state index in [1.165, 1.54) is 15.2 Å². The van der Waals surface area contributed by atoms with E-state index in [-0.39, 0.29) is 61.1 Å². The molecule has 15 rings (SSSR count). The average Bonchev–Trinajstić information content (AvgIpc) is 1.57. The monoisotopic (exact) mass is 908 g/mol. The zero-order valence-corrected chi connectivity index (χ0v) is 36.5. The maximum atomic E-state index is 9.57. The molecule has 0 radical (unpaired) electrons. The van der Waals surface area contributed by atoms with Crippen LogP contribution in [0.1, 0.15) is 21.9 Å². The van der Waals surface area contributed by atoms with E-state index >= 15 is 0 Å². The van der Waals surface area contributed by atoms with Crippen molar-refractivity contribution in [1.29, 1.82) is 0 Å². The minimum absolute atomic E-state index is 0.124. The van der Waals surface area contributed by atoms with Crippen molar-refractivity contribution >= 4 is 87.2 Å². The fraction of sp³-hybridized carbons (Fsp3) is 0. The van der Waals surface area contributed by atoms with Gasteiger partial charge in [0.1, 0.15) is 11.6 Å². The van der Waals surface area contributed by atoms with Gasteiger partial charge in [-0.15, -0.1) is 0 Å². The van der Waals surface area contributed by atoms with Crippen molar-refractivity contribution in [2.24, 2.45) is 0 Å². The minimum Gasteiger partial charge on any atom is -0.309 e. The van der Waals surface area contributed by atoms with Crippen LogP contribution in [0, 0.1) is 0 Å². The molecule has 0 spiro atoms. The van der Waals surface area contributed by atoms with Crippen LogP contribution in [0.2, 0.25) is 0 Å². The summed E-state index contributed by atoms with van der Waals surface area (Å²) in [5, 5.41) is 2.93. The van der Waals surface area contributed by atoms with E-state index in [9.17, 15) is 11.0 Å². The largest absolute Gasteiger partial charge is 0.309 e. The fourth-order valence-electron chi connectivity index (χ4n) is 10.5. The number of nitrogens with zero attached hydrogens (tertiary/aromatic N) is 6. The second kappa shape index (κ2) is 15.0. The molecule has 0 N–H and O–H groups in total. The Kier molecular flexibility index (Phi) is 5.60. The molecule has 0 aliphatic rings. The molecular formula is C64H40N6. The van der Waals surface area contributed by atoms with Gasteiger partial charge in [-0.05, 0) is 77.8 Å². The predicted molar refractivity (Wildman–Crippen MR) is 290 cm³/mol. The van der Waals surface area contributed by atoms with Crippen LogP contribution < -0.4 is 0 Å². The predicted octanol–water partition coefficient (Wildman–Crippen LogP) is 16.2. The Morgan fingerprint density at radius 1 is 0.314 bits per heavy atom. The van der Waals surface area contributed by atoms with Crippen LogP contribution in [-0.2, 0) is 0 Å². The number of benzene rings is 10. The van der Waals surface area contributed by atoms with Crippen LogP contribution in [0.3, 0.4) is 0 Å². The Bertz CT molecular complexity index is 5140. The van der Waals surface area contributed by atoms with E-state index in [0.717, 1.165) is 49.3 Å². The molecule has 326 valence electrons. The normalized spacial score (nSPS) is 15.2. The molecule has 15 aromatic rings. The van der Waals surface area contributed by atoms with Gasteiger partial charge in [0.05, 0.1) is 77.3 Å². The van der Waals surface area contributed by atoms with Crippen molar-refractivity contribution in [3.05, 3.63) is 242 Å². The third-order valence-corrected chi connectivity index (χ3v) is 13.3. The Balaban J connectivity index is 1.17.